The Hall–Kier alpha value is -0.0400. The summed E-state index contributed by atoms with van der Waals surface area (Å²) in [6.45, 7) is 16.8. The minimum atomic E-state index is 0. The molecule has 1 saturated heterocycles. The second-order valence-corrected chi connectivity index (χ2v) is 7.24. The zero-order valence-corrected chi connectivity index (χ0v) is 17.5. The topological polar surface area (TPSA) is 30.9 Å². The van der Waals surface area contributed by atoms with Crippen LogP contribution in [0.3, 0.4) is 0 Å². The molecule has 0 aromatic heterocycles. The number of nitrogens with one attached hydrogen (secondary N) is 1. The van der Waals surface area contributed by atoms with Gasteiger partial charge in [-0.1, -0.05) is 20.8 Å². The zero-order chi connectivity index (χ0) is 15.6. The first-order chi connectivity index (χ1) is 9.17. The van der Waals surface area contributed by atoms with E-state index >= 15 is 0 Å². The molecule has 1 unspecified atom stereocenters. The van der Waals surface area contributed by atoms with Crippen LogP contribution in [0.4, 0.5) is 0 Å². The Morgan fingerprint density at radius 2 is 1.90 bits per heavy atom. The number of guanidine groups is 1. The van der Waals surface area contributed by atoms with Gasteiger partial charge in [-0.15, -0.1) is 24.0 Å². The summed E-state index contributed by atoms with van der Waals surface area (Å²) in [5, 5.41) is 3.51. The Labute approximate surface area is 148 Å². The lowest BCUT2D eigenvalue weighted by Gasteiger charge is -2.62. The maximum absolute atomic E-state index is 4.45. The molecular formula is C16H35IN4. The Balaban J connectivity index is 0.00000400. The van der Waals surface area contributed by atoms with Gasteiger partial charge >= 0.3 is 0 Å². The van der Waals surface area contributed by atoms with Crippen molar-refractivity contribution in [2.75, 3.05) is 33.7 Å². The van der Waals surface area contributed by atoms with Crippen LogP contribution in [0.2, 0.25) is 0 Å². The summed E-state index contributed by atoms with van der Waals surface area (Å²) in [4.78, 5) is 9.23. The van der Waals surface area contributed by atoms with Crippen molar-refractivity contribution in [2.24, 2.45) is 10.4 Å². The van der Waals surface area contributed by atoms with Gasteiger partial charge in [0.1, 0.15) is 0 Å². The quantitative estimate of drug-likeness (QED) is 0.430. The molecule has 0 amide bonds. The Morgan fingerprint density at radius 3 is 2.29 bits per heavy atom. The highest BCUT2D eigenvalue weighted by atomic mass is 127. The van der Waals surface area contributed by atoms with Crippen LogP contribution in [0.15, 0.2) is 4.99 Å². The van der Waals surface area contributed by atoms with Crippen LogP contribution in [0.1, 0.15) is 48.0 Å². The van der Waals surface area contributed by atoms with Gasteiger partial charge in [0.2, 0.25) is 0 Å². The van der Waals surface area contributed by atoms with E-state index < -0.39 is 0 Å². The van der Waals surface area contributed by atoms with E-state index in [1.54, 1.807) is 0 Å². The predicted molar refractivity (Wildman–Crippen MR) is 104 cm³/mol. The highest BCUT2D eigenvalue weighted by molar-refractivity contribution is 14.0. The van der Waals surface area contributed by atoms with E-state index in [9.17, 15) is 0 Å². The van der Waals surface area contributed by atoms with Gasteiger partial charge in [0.15, 0.2) is 5.96 Å². The van der Waals surface area contributed by atoms with Crippen molar-refractivity contribution in [3.63, 3.8) is 0 Å². The van der Waals surface area contributed by atoms with Crippen molar-refractivity contribution in [3.8, 4) is 0 Å². The summed E-state index contributed by atoms with van der Waals surface area (Å²) in [6, 6.07) is 0.637. The van der Waals surface area contributed by atoms with Gasteiger partial charge < -0.3 is 15.1 Å². The highest BCUT2D eigenvalue weighted by Gasteiger charge is 2.53. The summed E-state index contributed by atoms with van der Waals surface area (Å²) < 4.78 is 0. The normalized spacial score (nSPS) is 21.6. The van der Waals surface area contributed by atoms with Crippen LogP contribution in [0.5, 0.6) is 0 Å². The molecule has 1 aliphatic rings. The lowest BCUT2D eigenvalue weighted by atomic mass is 9.65. The molecule has 0 aromatic carbocycles. The third-order valence-electron chi connectivity index (χ3n) is 5.44. The predicted octanol–water partition coefficient (Wildman–Crippen LogP) is 3.03. The maximum atomic E-state index is 4.45. The van der Waals surface area contributed by atoms with E-state index in [4.69, 9.17) is 0 Å². The van der Waals surface area contributed by atoms with E-state index in [2.05, 4.69) is 68.7 Å². The Kier molecular flexibility index (Phi) is 7.98. The van der Waals surface area contributed by atoms with Crippen molar-refractivity contribution >= 4 is 29.9 Å². The third-order valence-corrected chi connectivity index (χ3v) is 5.44. The number of hydrogen-bond acceptors (Lipinski definition) is 2. The van der Waals surface area contributed by atoms with Crippen LogP contribution in [0.25, 0.3) is 0 Å². The molecule has 0 aliphatic carbocycles. The number of rotatable bonds is 5. The molecule has 1 rings (SSSR count). The van der Waals surface area contributed by atoms with Crippen LogP contribution >= 0.6 is 24.0 Å². The van der Waals surface area contributed by atoms with Crippen molar-refractivity contribution in [3.05, 3.63) is 0 Å². The van der Waals surface area contributed by atoms with Crippen molar-refractivity contribution < 1.29 is 0 Å². The Bertz CT molecular complexity index is 352. The number of nitrogens with zero attached hydrogens (tertiary/aromatic N) is 3. The Morgan fingerprint density at radius 1 is 1.33 bits per heavy atom. The maximum Gasteiger partial charge on any atom is 0.194 e. The van der Waals surface area contributed by atoms with E-state index in [1.165, 1.54) is 6.42 Å². The minimum absolute atomic E-state index is 0. The number of likely N-dealkylation sites (tertiary alicyclic amines) is 1. The second-order valence-electron chi connectivity index (χ2n) is 7.24. The number of aliphatic imine (C=N–C) groups is 1. The van der Waals surface area contributed by atoms with E-state index in [0.717, 1.165) is 25.6 Å². The summed E-state index contributed by atoms with van der Waals surface area (Å²) in [5.41, 5.74) is 0.510. The highest BCUT2D eigenvalue weighted by Crippen LogP contribution is 2.46. The molecule has 1 heterocycles. The second kappa shape index (κ2) is 7.99. The average molecular weight is 410 g/mol. The first-order valence-electron chi connectivity index (χ1n) is 7.86. The van der Waals surface area contributed by atoms with Crippen molar-refractivity contribution in [1.82, 2.24) is 15.1 Å². The van der Waals surface area contributed by atoms with Gasteiger partial charge in [0.05, 0.1) is 0 Å². The fourth-order valence-electron chi connectivity index (χ4n) is 2.57. The SMILES string of the molecule is CCC(C)N(C)CCNC(=NC)N1CC(C)(C)C1(C)C.I. The number of halogens is 1. The van der Waals surface area contributed by atoms with Gasteiger partial charge in [-0.2, -0.15) is 0 Å². The molecule has 1 atom stereocenters. The van der Waals surface area contributed by atoms with Crippen LogP contribution in [-0.2, 0) is 0 Å². The molecule has 5 heteroatoms. The van der Waals surface area contributed by atoms with Gasteiger partial charge in [0, 0.05) is 43.7 Å². The number of hydrogen-bond donors (Lipinski definition) is 1. The van der Waals surface area contributed by atoms with Crippen molar-refractivity contribution in [1.29, 1.82) is 0 Å². The van der Waals surface area contributed by atoms with Gasteiger partial charge in [-0.25, -0.2) is 0 Å². The first kappa shape index (κ1) is 21.0. The third kappa shape index (κ3) is 4.47. The van der Waals surface area contributed by atoms with Gasteiger partial charge in [0.25, 0.3) is 0 Å². The molecule has 0 spiro atoms. The van der Waals surface area contributed by atoms with Crippen LogP contribution in [-0.4, -0.2) is 61.1 Å². The van der Waals surface area contributed by atoms with Gasteiger partial charge in [-0.05, 0) is 34.2 Å². The molecule has 0 radical (unpaired) electrons. The average Bonchev–Trinajstić information content (AvgIpc) is 2.40. The first-order valence-corrected chi connectivity index (χ1v) is 7.86. The summed E-state index contributed by atoms with van der Waals surface area (Å²) in [5.74, 6) is 1.03. The smallest absolute Gasteiger partial charge is 0.194 e. The monoisotopic (exact) mass is 410 g/mol. The lowest BCUT2D eigenvalue weighted by Crippen LogP contribution is -2.72. The summed E-state index contributed by atoms with van der Waals surface area (Å²) >= 11 is 0. The summed E-state index contributed by atoms with van der Waals surface area (Å²) in [7, 11) is 4.07. The minimum Gasteiger partial charge on any atom is -0.355 e. The molecule has 4 nitrogen and oxygen atoms in total. The van der Waals surface area contributed by atoms with Gasteiger partial charge in [-0.3, -0.25) is 4.99 Å². The zero-order valence-electron chi connectivity index (χ0n) is 15.2. The molecule has 1 N–H and O–H groups in total. The molecule has 21 heavy (non-hydrogen) atoms. The van der Waals surface area contributed by atoms with Crippen LogP contribution in [0, 0.1) is 5.41 Å². The molecule has 0 bridgehead atoms. The van der Waals surface area contributed by atoms with E-state index in [-0.39, 0.29) is 29.5 Å². The fourth-order valence-corrected chi connectivity index (χ4v) is 2.57. The van der Waals surface area contributed by atoms with Crippen molar-refractivity contribution in [2.45, 2.75) is 59.5 Å². The lowest BCUT2D eigenvalue weighted by molar-refractivity contribution is -0.0667. The standard InChI is InChI=1S/C16H34N4.HI/c1-9-13(2)19(8)11-10-18-14(17-7)20-12-15(3,4)16(20,5)6;/h13H,9-12H2,1-8H3,(H,17,18);1H. The molecule has 1 aliphatic heterocycles. The molecule has 0 aromatic rings. The largest absolute Gasteiger partial charge is 0.355 e. The molecule has 126 valence electrons. The summed E-state index contributed by atoms with van der Waals surface area (Å²) in [6.07, 6.45) is 1.19. The number of likely N-dealkylation sites (N-methyl/N-ethyl adjacent to an activating group) is 1. The van der Waals surface area contributed by atoms with E-state index in [1.807, 2.05) is 7.05 Å². The molecule has 1 fully saturated rings. The van der Waals surface area contributed by atoms with Crippen LogP contribution < -0.4 is 5.32 Å². The molecular weight excluding hydrogens is 375 g/mol. The molecule has 0 saturated carbocycles. The van der Waals surface area contributed by atoms with E-state index in [0.29, 0.717) is 11.5 Å². The fraction of sp³-hybridized carbons (Fsp3) is 0.938.